The average Bonchev–Trinajstić information content (AvgIpc) is 3.14. The Hall–Kier alpha value is -3.99. The van der Waals surface area contributed by atoms with Crippen LogP contribution in [0.2, 0.25) is 0 Å². The second-order valence-corrected chi connectivity index (χ2v) is 8.73. The van der Waals surface area contributed by atoms with E-state index in [-0.39, 0.29) is 18.0 Å². The minimum atomic E-state index is -1.03. The molecule has 2 aromatic heterocycles. The van der Waals surface area contributed by atoms with Crippen LogP contribution in [-0.2, 0) is 10.3 Å². The molecule has 2 aliphatic heterocycles. The molecule has 1 atom stereocenters. The summed E-state index contributed by atoms with van der Waals surface area (Å²) in [5.74, 6) is 6.51. The molecule has 7 nitrogen and oxygen atoms in total. The van der Waals surface area contributed by atoms with Crippen molar-refractivity contribution in [3.8, 4) is 34.6 Å². The first-order valence-electron chi connectivity index (χ1n) is 10.0. The van der Waals surface area contributed by atoms with Gasteiger partial charge in [0.25, 0.3) is 6.02 Å². The molecule has 0 saturated heterocycles. The molecule has 160 valence electrons. The molecule has 1 aromatic carbocycles. The number of hydrogen-bond acceptors (Lipinski definition) is 7. The van der Waals surface area contributed by atoms with Gasteiger partial charge in [-0.2, -0.15) is 0 Å². The molecule has 0 bridgehead atoms. The van der Waals surface area contributed by atoms with Crippen LogP contribution < -0.4 is 10.5 Å². The third kappa shape index (κ3) is 3.32. The molecular weight excluding hydrogens is 409 g/mol. The second-order valence-electron chi connectivity index (χ2n) is 8.73. The van der Waals surface area contributed by atoms with Crippen LogP contribution >= 0.6 is 0 Å². The third-order valence-corrected chi connectivity index (χ3v) is 5.20. The number of amidine groups is 1. The van der Waals surface area contributed by atoms with Crippen molar-refractivity contribution in [1.82, 2.24) is 15.0 Å². The normalized spacial score (nSPS) is 18.6. The maximum Gasteiger partial charge on any atom is 0.283 e. The molecule has 0 fully saturated rings. The Morgan fingerprint density at radius 1 is 1.09 bits per heavy atom. The van der Waals surface area contributed by atoms with Gasteiger partial charge in [0.1, 0.15) is 24.5 Å². The van der Waals surface area contributed by atoms with Crippen molar-refractivity contribution in [2.24, 2.45) is 16.1 Å². The topological polar surface area (TPSA) is 95.5 Å². The molecule has 0 saturated carbocycles. The van der Waals surface area contributed by atoms with Crippen molar-refractivity contribution in [1.29, 1.82) is 0 Å². The zero-order valence-corrected chi connectivity index (χ0v) is 17.8. The van der Waals surface area contributed by atoms with Crippen LogP contribution in [0, 0.1) is 23.1 Å². The number of nitrogens with two attached hydrogens (primary N) is 1. The Kier molecular flexibility index (Phi) is 4.38. The minimum Gasteiger partial charge on any atom is -0.462 e. The molecule has 32 heavy (non-hydrogen) atoms. The lowest BCUT2D eigenvalue weighted by atomic mass is 9.81. The van der Waals surface area contributed by atoms with E-state index >= 15 is 4.39 Å². The maximum absolute atomic E-state index is 15.0. The summed E-state index contributed by atoms with van der Waals surface area (Å²) in [6.45, 7) is 6.24. The molecule has 2 N–H and O–H groups in total. The quantitative estimate of drug-likeness (QED) is 0.592. The van der Waals surface area contributed by atoms with Crippen molar-refractivity contribution in [3.63, 3.8) is 0 Å². The highest BCUT2D eigenvalue weighted by Crippen LogP contribution is 2.51. The van der Waals surface area contributed by atoms with Gasteiger partial charge >= 0.3 is 0 Å². The fourth-order valence-electron chi connectivity index (χ4n) is 3.74. The van der Waals surface area contributed by atoms with Gasteiger partial charge in [-0.15, -0.1) is 0 Å². The van der Waals surface area contributed by atoms with E-state index in [0.29, 0.717) is 39.4 Å². The number of hydrogen-bond donors (Lipinski definition) is 1. The molecule has 0 unspecified atom stereocenters. The summed E-state index contributed by atoms with van der Waals surface area (Å²) in [4.78, 5) is 17.1. The van der Waals surface area contributed by atoms with Crippen LogP contribution in [0.25, 0.3) is 11.1 Å². The van der Waals surface area contributed by atoms with Crippen molar-refractivity contribution in [2.45, 2.75) is 26.3 Å². The monoisotopic (exact) mass is 429 g/mol. The Labute approximate surface area is 184 Å². The fourth-order valence-corrected chi connectivity index (χ4v) is 3.74. The summed E-state index contributed by atoms with van der Waals surface area (Å²) < 4.78 is 26.6. The Balaban J connectivity index is 1.72. The fraction of sp³-hybridized carbons (Fsp3) is 0.250. The predicted octanol–water partition coefficient (Wildman–Crippen LogP) is 3.77. The number of fused-ring (bicyclic) bond motifs is 4. The largest absolute Gasteiger partial charge is 0.462 e. The van der Waals surface area contributed by atoms with E-state index in [1.54, 1.807) is 24.7 Å². The van der Waals surface area contributed by atoms with E-state index < -0.39 is 11.4 Å². The second kappa shape index (κ2) is 7.02. The number of pyridine rings is 1. The lowest BCUT2D eigenvalue weighted by molar-refractivity contribution is 0.262. The molecule has 4 heterocycles. The van der Waals surface area contributed by atoms with Crippen molar-refractivity contribution >= 4 is 6.02 Å². The average molecular weight is 429 g/mol. The first kappa shape index (κ1) is 19.9. The van der Waals surface area contributed by atoms with Gasteiger partial charge in [-0.3, -0.25) is 0 Å². The zero-order valence-electron chi connectivity index (χ0n) is 17.8. The van der Waals surface area contributed by atoms with Crippen LogP contribution in [0.1, 0.15) is 37.5 Å². The summed E-state index contributed by atoms with van der Waals surface area (Å²) >= 11 is 0. The first-order valence-corrected chi connectivity index (χ1v) is 10.0. The van der Waals surface area contributed by atoms with Crippen LogP contribution in [-0.4, -0.2) is 27.6 Å². The number of aliphatic imine (C=N–C) groups is 1. The number of aromatic nitrogens is 3. The van der Waals surface area contributed by atoms with E-state index in [1.807, 2.05) is 26.8 Å². The van der Waals surface area contributed by atoms with E-state index in [2.05, 4.69) is 31.8 Å². The molecule has 8 heteroatoms. The minimum absolute atomic E-state index is 0.0453. The van der Waals surface area contributed by atoms with Crippen molar-refractivity contribution in [2.75, 3.05) is 6.61 Å². The Morgan fingerprint density at radius 3 is 2.56 bits per heavy atom. The van der Waals surface area contributed by atoms with Gasteiger partial charge in [-0.25, -0.2) is 24.3 Å². The molecule has 0 amide bonds. The summed E-state index contributed by atoms with van der Waals surface area (Å²) in [5, 5.41) is 0. The zero-order chi connectivity index (χ0) is 22.5. The van der Waals surface area contributed by atoms with Gasteiger partial charge in [0, 0.05) is 52.3 Å². The summed E-state index contributed by atoms with van der Waals surface area (Å²) in [5.41, 5.74) is 7.59. The number of rotatable bonds is 1. The number of ether oxygens (including phenoxy) is 2. The Bertz CT molecular complexity index is 1320. The lowest BCUT2D eigenvalue weighted by Crippen LogP contribution is -2.31. The van der Waals surface area contributed by atoms with E-state index in [1.165, 1.54) is 12.4 Å². The lowest BCUT2D eigenvalue weighted by Gasteiger charge is -2.33. The molecule has 0 aliphatic carbocycles. The predicted molar refractivity (Wildman–Crippen MR) is 116 cm³/mol. The van der Waals surface area contributed by atoms with Gasteiger partial charge in [-0.1, -0.05) is 11.8 Å². The van der Waals surface area contributed by atoms with E-state index in [9.17, 15) is 0 Å². The number of benzene rings is 1. The molecule has 5 rings (SSSR count). The summed E-state index contributed by atoms with van der Waals surface area (Å²) in [6.07, 6.45) is 6.12. The first-order chi connectivity index (χ1) is 15.2. The van der Waals surface area contributed by atoms with Crippen molar-refractivity contribution < 1.29 is 13.9 Å². The highest BCUT2D eigenvalue weighted by atomic mass is 19.1. The smallest absolute Gasteiger partial charge is 0.283 e. The van der Waals surface area contributed by atoms with E-state index in [4.69, 9.17) is 15.2 Å². The molecular formula is C24H20FN5O2. The van der Waals surface area contributed by atoms with Crippen LogP contribution in [0.4, 0.5) is 4.39 Å². The van der Waals surface area contributed by atoms with Gasteiger partial charge in [-0.05, 0) is 32.9 Å². The van der Waals surface area contributed by atoms with Gasteiger partial charge in [0.2, 0.25) is 5.88 Å². The van der Waals surface area contributed by atoms with Crippen LogP contribution in [0.15, 0.2) is 48.1 Å². The van der Waals surface area contributed by atoms with Crippen LogP contribution in [0.5, 0.6) is 11.6 Å². The van der Waals surface area contributed by atoms with Crippen molar-refractivity contribution in [3.05, 3.63) is 65.6 Å². The summed E-state index contributed by atoms with van der Waals surface area (Å²) in [7, 11) is 0. The Morgan fingerprint density at radius 2 is 1.88 bits per heavy atom. The van der Waals surface area contributed by atoms with E-state index in [0.717, 1.165) is 0 Å². The molecule has 3 aromatic rings. The molecule has 1 spiro atoms. The highest BCUT2D eigenvalue weighted by molar-refractivity contribution is 5.77. The van der Waals surface area contributed by atoms with Gasteiger partial charge in [0.05, 0.1) is 5.56 Å². The van der Waals surface area contributed by atoms with Gasteiger partial charge < -0.3 is 15.2 Å². The maximum atomic E-state index is 15.0. The SMILES string of the molecule is CC(C)(C)C#Cc1cnc2c(c1)[C@]1(COC(N)=N1)c1cc(-c3cncnc3)c(F)cc1O2. The third-order valence-electron chi connectivity index (χ3n) is 5.20. The molecule has 0 radical (unpaired) electrons. The number of nitrogens with zero attached hydrogens (tertiary/aromatic N) is 4. The van der Waals surface area contributed by atoms with Gasteiger partial charge in [0.15, 0.2) is 5.54 Å². The van der Waals surface area contributed by atoms with Crippen LogP contribution in [0.3, 0.4) is 0 Å². The number of halogens is 1. The summed E-state index contributed by atoms with van der Waals surface area (Å²) in [6, 6.07) is 4.93. The highest BCUT2D eigenvalue weighted by Gasteiger charge is 2.48. The molecule has 2 aliphatic rings. The standard InChI is InChI=1S/C24H20FN5O2/c1-23(2,3)5-4-14-6-18-21(29-9-14)32-20-8-19(25)16(15-10-27-13-28-11-15)7-17(20)24(18)12-31-22(26)30-24/h6-11,13H,12H2,1-3H3,(H2,26,30)/t24-/m0/s1.